The number of rotatable bonds is 5. The molecular formula is C14H21BrN2O. The predicted octanol–water partition coefficient (Wildman–Crippen LogP) is 2.93. The van der Waals surface area contributed by atoms with Crippen molar-refractivity contribution in [1.82, 2.24) is 4.90 Å². The molecule has 0 heterocycles. The van der Waals surface area contributed by atoms with Crippen molar-refractivity contribution in [2.24, 2.45) is 5.73 Å². The van der Waals surface area contributed by atoms with Gasteiger partial charge in [-0.15, -0.1) is 0 Å². The van der Waals surface area contributed by atoms with E-state index in [1.165, 1.54) is 0 Å². The van der Waals surface area contributed by atoms with Gasteiger partial charge < -0.3 is 10.6 Å². The van der Waals surface area contributed by atoms with Gasteiger partial charge in [-0.25, -0.2) is 0 Å². The molecule has 0 aliphatic heterocycles. The monoisotopic (exact) mass is 312 g/mol. The van der Waals surface area contributed by atoms with Gasteiger partial charge in [0, 0.05) is 18.1 Å². The van der Waals surface area contributed by atoms with E-state index in [-0.39, 0.29) is 5.91 Å². The van der Waals surface area contributed by atoms with Crippen LogP contribution in [0.4, 0.5) is 0 Å². The van der Waals surface area contributed by atoms with E-state index in [0.717, 1.165) is 16.5 Å². The summed E-state index contributed by atoms with van der Waals surface area (Å²) in [6.07, 6.45) is 1.60. The third kappa shape index (κ3) is 3.82. The van der Waals surface area contributed by atoms with Crippen LogP contribution in [0.5, 0.6) is 0 Å². The topological polar surface area (TPSA) is 46.3 Å². The Labute approximate surface area is 117 Å². The molecule has 3 nitrogen and oxygen atoms in total. The average molecular weight is 313 g/mol. The number of carbonyl (C=O) groups is 1. The number of hydrogen-bond donors (Lipinski definition) is 1. The second-order valence-electron chi connectivity index (χ2n) is 4.92. The Morgan fingerprint density at radius 2 is 2.06 bits per heavy atom. The zero-order valence-electron chi connectivity index (χ0n) is 11.2. The van der Waals surface area contributed by atoms with Crippen LogP contribution in [-0.2, 0) is 11.3 Å². The minimum atomic E-state index is -0.773. The lowest BCUT2D eigenvalue weighted by Gasteiger charge is -2.29. The smallest absolute Gasteiger partial charge is 0.242 e. The van der Waals surface area contributed by atoms with Crippen molar-refractivity contribution >= 4 is 21.8 Å². The van der Waals surface area contributed by atoms with Gasteiger partial charge in [0.25, 0.3) is 0 Å². The summed E-state index contributed by atoms with van der Waals surface area (Å²) < 4.78 is 1.01. The molecule has 18 heavy (non-hydrogen) atoms. The van der Waals surface area contributed by atoms with E-state index in [0.29, 0.717) is 13.0 Å². The summed E-state index contributed by atoms with van der Waals surface area (Å²) in [5.41, 5.74) is 6.37. The fourth-order valence-corrected chi connectivity index (χ4v) is 2.43. The number of benzene rings is 1. The van der Waals surface area contributed by atoms with Gasteiger partial charge in [-0.05, 0) is 25.0 Å². The molecule has 0 radical (unpaired) electrons. The number of nitrogens with zero attached hydrogens (tertiary/aromatic N) is 1. The first-order chi connectivity index (χ1) is 8.38. The lowest BCUT2D eigenvalue weighted by Crippen LogP contribution is -2.51. The highest BCUT2D eigenvalue weighted by atomic mass is 79.9. The maximum Gasteiger partial charge on any atom is 0.242 e. The van der Waals surface area contributed by atoms with E-state index in [2.05, 4.69) is 15.9 Å². The summed E-state index contributed by atoms with van der Waals surface area (Å²) in [6.45, 7) is 4.40. The maximum absolute atomic E-state index is 12.3. The van der Waals surface area contributed by atoms with Crippen LogP contribution >= 0.6 is 15.9 Å². The highest BCUT2D eigenvalue weighted by molar-refractivity contribution is 9.10. The van der Waals surface area contributed by atoms with Gasteiger partial charge in [-0.3, -0.25) is 4.79 Å². The van der Waals surface area contributed by atoms with Crippen LogP contribution in [-0.4, -0.2) is 23.4 Å². The summed E-state index contributed by atoms with van der Waals surface area (Å²) in [6, 6.07) is 7.90. The Bertz CT molecular complexity index is 418. The fourth-order valence-electron chi connectivity index (χ4n) is 2.02. The van der Waals surface area contributed by atoms with E-state index in [1.54, 1.807) is 18.9 Å². The first kappa shape index (κ1) is 15.2. The summed E-state index contributed by atoms with van der Waals surface area (Å²) in [5, 5.41) is 0. The highest BCUT2D eigenvalue weighted by Gasteiger charge is 2.30. The molecule has 1 unspecified atom stereocenters. The molecule has 0 aromatic heterocycles. The van der Waals surface area contributed by atoms with Crippen molar-refractivity contribution < 1.29 is 4.79 Å². The standard InChI is InChI=1S/C14H21BrN2O/c1-4-9-14(2,16)13(18)17(3)10-11-7-5-6-8-12(11)15/h5-8H,4,9-10,16H2,1-3H3. The molecule has 0 saturated heterocycles. The Kier molecular flexibility index (Phi) is 5.35. The third-order valence-electron chi connectivity index (χ3n) is 2.97. The van der Waals surface area contributed by atoms with Gasteiger partial charge >= 0.3 is 0 Å². The summed E-state index contributed by atoms with van der Waals surface area (Å²) in [4.78, 5) is 13.9. The van der Waals surface area contributed by atoms with Crippen molar-refractivity contribution in [3.05, 3.63) is 34.3 Å². The van der Waals surface area contributed by atoms with Crippen molar-refractivity contribution in [2.75, 3.05) is 7.05 Å². The van der Waals surface area contributed by atoms with Crippen LogP contribution in [0, 0.1) is 0 Å². The quantitative estimate of drug-likeness (QED) is 0.908. The SMILES string of the molecule is CCCC(C)(N)C(=O)N(C)Cc1ccccc1Br. The third-order valence-corrected chi connectivity index (χ3v) is 3.74. The predicted molar refractivity (Wildman–Crippen MR) is 78.1 cm³/mol. The van der Waals surface area contributed by atoms with E-state index in [1.807, 2.05) is 31.2 Å². The van der Waals surface area contributed by atoms with Crippen LogP contribution in [0.1, 0.15) is 32.3 Å². The molecule has 1 amide bonds. The summed E-state index contributed by atoms with van der Waals surface area (Å²) >= 11 is 3.49. The van der Waals surface area contributed by atoms with E-state index in [4.69, 9.17) is 5.73 Å². The molecule has 0 spiro atoms. The molecule has 0 aliphatic carbocycles. The molecule has 1 rings (SSSR count). The largest absolute Gasteiger partial charge is 0.340 e. The molecule has 2 N–H and O–H groups in total. The zero-order valence-corrected chi connectivity index (χ0v) is 12.8. The Morgan fingerprint density at radius 3 is 2.61 bits per heavy atom. The van der Waals surface area contributed by atoms with Gasteiger partial charge in [-0.1, -0.05) is 47.5 Å². The van der Waals surface area contributed by atoms with Gasteiger partial charge in [0.1, 0.15) is 0 Å². The average Bonchev–Trinajstić information content (AvgIpc) is 2.31. The normalized spacial score (nSPS) is 14.1. The van der Waals surface area contributed by atoms with E-state index in [9.17, 15) is 4.79 Å². The van der Waals surface area contributed by atoms with Crippen molar-refractivity contribution in [3.8, 4) is 0 Å². The molecule has 1 aromatic rings. The van der Waals surface area contributed by atoms with Crippen LogP contribution in [0.25, 0.3) is 0 Å². The number of hydrogen-bond acceptors (Lipinski definition) is 2. The van der Waals surface area contributed by atoms with Gasteiger partial charge in [0.05, 0.1) is 5.54 Å². The molecule has 0 saturated carbocycles. The number of carbonyl (C=O) groups excluding carboxylic acids is 1. The maximum atomic E-state index is 12.3. The van der Waals surface area contributed by atoms with Crippen molar-refractivity contribution in [1.29, 1.82) is 0 Å². The number of halogens is 1. The molecule has 100 valence electrons. The van der Waals surface area contributed by atoms with Gasteiger partial charge in [0.2, 0.25) is 5.91 Å². The van der Waals surface area contributed by atoms with Crippen LogP contribution in [0.2, 0.25) is 0 Å². The summed E-state index contributed by atoms with van der Waals surface area (Å²) in [5.74, 6) is -0.0138. The molecular weight excluding hydrogens is 292 g/mol. The number of likely N-dealkylation sites (N-methyl/N-ethyl adjacent to an activating group) is 1. The Hall–Kier alpha value is -0.870. The molecule has 1 aromatic carbocycles. The van der Waals surface area contributed by atoms with Gasteiger partial charge in [-0.2, -0.15) is 0 Å². The second kappa shape index (κ2) is 6.34. The number of amides is 1. The van der Waals surface area contributed by atoms with Crippen LogP contribution in [0.15, 0.2) is 28.7 Å². The van der Waals surface area contributed by atoms with Crippen molar-refractivity contribution in [2.45, 2.75) is 38.8 Å². The first-order valence-electron chi connectivity index (χ1n) is 6.16. The van der Waals surface area contributed by atoms with E-state index >= 15 is 0 Å². The number of nitrogens with two attached hydrogens (primary N) is 1. The molecule has 0 aliphatic rings. The second-order valence-corrected chi connectivity index (χ2v) is 5.77. The summed E-state index contributed by atoms with van der Waals surface area (Å²) in [7, 11) is 1.79. The molecule has 4 heteroatoms. The van der Waals surface area contributed by atoms with Crippen molar-refractivity contribution in [3.63, 3.8) is 0 Å². The lowest BCUT2D eigenvalue weighted by molar-refractivity contribution is -0.135. The minimum Gasteiger partial charge on any atom is -0.340 e. The minimum absolute atomic E-state index is 0.0138. The fraction of sp³-hybridized carbons (Fsp3) is 0.500. The van der Waals surface area contributed by atoms with Gasteiger partial charge in [0.15, 0.2) is 0 Å². The molecule has 0 bridgehead atoms. The lowest BCUT2D eigenvalue weighted by atomic mass is 9.96. The molecule has 0 fully saturated rings. The first-order valence-corrected chi connectivity index (χ1v) is 6.95. The zero-order chi connectivity index (χ0) is 13.8. The molecule has 1 atom stereocenters. The Morgan fingerprint density at radius 1 is 1.44 bits per heavy atom. The highest BCUT2D eigenvalue weighted by Crippen LogP contribution is 2.19. The van der Waals surface area contributed by atoms with Crippen LogP contribution < -0.4 is 5.73 Å². The van der Waals surface area contributed by atoms with E-state index < -0.39 is 5.54 Å². The van der Waals surface area contributed by atoms with Crippen LogP contribution in [0.3, 0.4) is 0 Å². The Balaban J connectivity index is 2.74.